The Morgan fingerprint density at radius 1 is 1.14 bits per heavy atom. The molecule has 0 bridgehead atoms. The van der Waals surface area contributed by atoms with Crippen LogP contribution in [0.3, 0.4) is 0 Å². The summed E-state index contributed by atoms with van der Waals surface area (Å²) < 4.78 is 5.30. The SMILES string of the molecule is COc1cccc(CC2(C(N)=O)CN(c3ccc(CN4CCCCC4)cn3)C2)c1. The number of rotatable bonds is 7. The Balaban J connectivity index is 1.39. The summed E-state index contributed by atoms with van der Waals surface area (Å²) in [7, 11) is 1.65. The first-order chi connectivity index (χ1) is 14.1. The average Bonchev–Trinajstić information content (AvgIpc) is 2.72. The van der Waals surface area contributed by atoms with Crippen LogP contribution in [0.15, 0.2) is 42.6 Å². The molecule has 1 aromatic heterocycles. The number of aromatic nitrogens is 1. The minimum atomic E-state index is -0.555. The van der Waals surface area contributed by atoms with Crippen LogP contribution in [0.2, 0.25) is 0 Å². The first kappa shape index (κ1) is 19.7. The molecule has 2 aliphatic heterocycles. The van der Waals surface area contributed by atoms with E-state index in [0.717, 1.165) is 23.7 Å². The molecular formula is C23H30N4O2. The van der Waals surface area contributed by atoms with Crippen molar-refractivity contribution in [1.82, 2.24) is 9.88 Å². The van der Waals surface area contributed by atoms with Crippen LogP contribution >= 0.6 is 0 Å². The number of piperidine rings is 1. The van der Waals surface area contributed by atoms with Gasteiger partial charge in [-0.15, -0.1) is 0 Å². The van der Waals surface area contributed by atoms with Gasteiger partial charge in [0.1, 0.15) is 11.6 Å². The van der Waals surface area contributed by atoms with Crippen LogP contribution < -0.4 is 15.4 Å². The summed E-state index contributed by atoms with van der Waals surface area (Å²) in [6.07, 6.45) is 6.52. The smallest absolute Gasteiger partial charge is 0.227 e. The van der Waals surface area contributed by atoms with E-state index in [4.69, 9.17) is 10.5 Å². The van der Waals surface area contributed by atoms with Gasteiger partial charge < -0.3 is 15.4 Å². The monoisotopic (exact) mass is 394 g/mol. The van der Waals surface area contributed by atoms with Crippen LogP contribution in [0.5, 0.6) is 5.75 Å². The van der Waals surface area contributed by atoms with Gasteiger partial charge in [0.05, 0.1) is 12.5 Å². The van der Waals surface area contributed by atoms with Crippen LogP contribution in [0.1, 0.15) is 30.4 Å². The third-order valence-corrected chi connectivity index (χ3v) is 6.17. The number of benzene rings is 1. The lowest BCUT2D eigenvalue weighted by Gasteiger charge is -2.48. The van der Waals surface area contributed by atoms with Gasteiger partial charge >= 0.3 is 0 Å². The molecule has 0 atom stereocenters. The minimum absolute atomic E-state index is 0.252. The first-order valence-electron chi connectivity index (χ1n) is 10.4. The molecule has 6 heteroatoms. The Bertz CT molecular complexity index is 840. The lowest BCUT2D eigenvalue weighted by atomic mass is 9.74. The lowest BCUT2D eigenvalue weighted by molar-refractivity contribution is -0.129. The molecule has 1 amide bonds. The van der Waals surface area contributed by atoms with Crippen LogP contribution in [0.4, 0.5) is 5.82 Å². The fourth-order valence-corrected chi connectivity index (χ4v) is 4.45. The van der Waals surface area contributed by atoms with Gasteiger partial charge in [0, 0.05) is 25.8 Å². The Hall–Kier alpha value is -2.60. The molecule has 0 aliphatic carbocycles. The molecule has 1 aromatic carbocycles. The number of nitrogens with two attached hydrogens (primary N) is 1. The zero-order chi connectivity index (χ0) is 20.3. The van der Waals surface area contributed by atoms with Crippen molar-refractivity contribution in [2.45, 2.75) is 32.2 Å². The molecule has 154 valence electrons. The van der Waals surface area contributed by atoms with Gasteiger partial charge in [-0.05, 0) is 61.7 Å². The Labute approximate surface area is 172 Å². The van der Waals surface area contributed by atoms with Crippen molar-refractivity contribution >= 4 is 11.7 Å². The number of pyridine rings is 1. The maximum absolute atomic E-state index is 12.3. The highest BCUT2D eigenvalue weighted by atomic mass is 16.5. The van der Waals surface area contributed by atoms with E-state index in [0.29, 0.717) is 19.5 Å². The molecule has 2 aliphatic rings. The molecule has 2 aromatic rings. The van der Waals surface area contributed by atoms with Crippen LogP contribution in [0, 0.1) is 5.41 Å². The molecule has 0 saturated carbocycles. The van der Waals surface area contributed by atoms with E-state index in [1.165, 1.54) is 37.9 Å². The van der Waals surface area contributed by atoms with E-state index in [1.54, 1.807) is 7.11 Å². The molecule has 4 rings (SSSR count). The molecule has 0 spiro atoms. The summed E-state index contributed by atoms with van der Waals surface area (Å²) in [6.45, 7) is 4.52. The number of hydrogen-bond donors (Lipinski definition) is 1. The zero-order valence-corrected chi connectivity index (χ0v) is 17.1. The van der Waals surface area contributed by atoms with E-state index in [2.05, 4.69) is 26.9 Å². The summed E-state index contributed by atoms with van der Waals surface area (Å²) in [5.74, 6) is 1.46. The number of carbonyl (C=O) groups excluding carboxylic acids is 1. The summed E-state index contributed by atoms with van der Waals surface area (Å²) in [5.41, 5.74) is 7.55. The van der Waals surface area contributed by atoms with Gasteiger partial charge in [0.2, 0.25) is 5.91 Å². The summed E-state index contributed by atoms with van der Waals surface area (Å²) in [5, 5.41) is 0. The normalized spacial score (nSPS) is 18.9. The maximum atomic E-state index is 12.3. The van der Waals surface area contributed by atoms with Gasteiger partial charge in [-0.25, -0.2) is 4.98 Å². The average molecular weight is 395 g/mol. The molecule has 3 heterocycles. The highest BCUT2D eigenvalue weighted by Gasteiger charge is 2.48. The van der Waals surface area contributed by atoms with E-state index in [1.807, 2.05) is 30.5 Å². The fourth-order valence-electron chi connectivity index (χ4n) is 4.45. The number of methoxy groups -OCH3 is 1. The molecule has 2 N–H and O–H groups in total. The molecule has 6 nitrogen and oxygen atoms in total. The van der Waals surface area contributed by atoms with Crippen molar-refractivity contribution < 1.29 is 9.53 Å². The third kappa shape index (κ3) is 4.37. The number of likely N-dealkylation sites (tertiary alicyclic amines) is 1. The van der Waals surface area contributed by atoms with E-state index >= 15 is 0 Å². The Morgan fingerprint density at radius 2 is 1.93 bits per heavy atom. The molecule has 0 radical (unpaired) electrons. The number of amides is 1. The van der Waals surface area contributed by atoms with E-state index < -0.39 is 5.41 Å². The van der Waals surface area contributed by atoms with Crippen LogP contribution in [0.25, 0.3) is 0 Å². The predicted molar refractivity (Wildman–Crippen MR) is 114 cm³/mol. The maximum Gasteiger partial charge on any atom is 0.227 e. The second kappa shape index (κ2) is 8.41. The zero-order valence-electron chi connectivity index (χ0n) is 17.1. The topological polar surface area (TPSA) is 71.7 Å². The summed E-state index contributed by atoms with van der Waals surface area (Å²) in [6, 6.07) is 12.1. The summed E-state index contributed by atoms with van der Waals surface area (Å²) >= 11 is 0. The van der Waals surface area contributed by atoms with Gasteiger partial charge in [-0.1, -0.05) is 24.6 Å². The van der Waals surface area contributed by atoms with Gasteiger partial charge in [-0.2, -0.15) is 0 Å². The van der Waals surface area contributed by atoms with Crippen molar-refractivity contribution in [3.63, 3.8) is 0 Å². The fraction of sp³-hybridized carbons (Fsp3) is 0.478. The molecular weight excluding hydrogens is 364 g/mol. The number of carbonyl (C=O) groups is 1. The van der Waals surface area contributed by atoms with Gasteiger partial charge in [0.25, 0.3) is 0 Å². The minimum Gasteiger partial charge on any atom is -0.497 e. The van der Waals surface area contributed by atoms with E-state index in [9.17, 15) is 4.79 Å². The number of ether oxygens (including phenoxy) is 1. The Morgan fingerprint density at radius 3 is 2.59 bits per heavy atom. The van der Waals surface area contributed by atoms with Gasteiger partial charge in [-0.3, -0.25) is 9.69 Å². The number of nitrogens with zero attached hydrogens (tertiary/aromatic N) is 3. The first-order valence-corrected chi connectivity index (χ1v) is 10.4. The second-order valence-electron chi connectivity index (χ2n) is 8.39. The lowest BCUT2D eigenvalue weighted by Crippen LogP contribution is -2.64. The number of anilines is 1. The second-order valence-corrected chi connectivity index (χ2v) is 8.39. The number of hydrogen-bond acceptors (Lipinski definition) is 5. The predicted octanol–water partition coefficient (Wildman–Crippen LogP) is 2.61. The van der Waals surface area contributed by atoms with Crippen molar-refractivity contribution in [3.05, 3.63) is 53.7 Å². The van der Waals surface area contributed by atoms with Crippen molar-refractivity contribution in [2.24, 2.45) is 11.1 Å². The molecule has 0 unspecified atom stereocenters. The molecule has 29 heavy (non-hydrogen) atoms. The highest BCUT2D eigenvalue weighted by molar-refractivity contribution is 5.85. The van der Waals surface area contributed by atoms with Crippen LogP contribution in [-0.4, -0.2) is 49.1 Å². The summed E-state index contributed by atoms with van der Waals surface area (Å²) in [4.78, 5) is 21.5. The van der Waals surface area contributed by atoms with Crippen molar-refractivity contribution in [2.75, 3.05) is 38.2 Å². The molecule has 2 saturated heterocycles. The standard InChI is InChI=1S/C23H30N4O2/c1-29-20-7-5-6-18(12-20)13-23(22(24)28)16-27(17-23)21-9-8-19(14-25-21)15-26-10-3-2-4-11-26/h5-9,12,14H,2-4,10-11,13,15-17H2,1H3,(H2,24,28). The Kier molecular flexibility index (Phi) is 5.72. The van der Waals surface area contributed by atoms with Crippen LogP contribution in [-0.2, 0) is 17.8 Å². The largest absolute Gasteiger partial charge is 0.497 e. The highest BCUT2D eigenvalue weighted by Crippen LogP contribution is 2.37. The van der Waals surface area contributed by atoms with Gasteiger partial charge in [0.15, 0.2) is 0 Å². The number of primary amides is 1. The molecule has 2 fully saturated rings. The van der Waals surface area contributed by atoms with Crippen molar-refractivity contribution in [1.29, 1.82) is 0 Å². The van der Waals surface area contributed by atoms with E-state index in [-0.39, 0.29) is 5.91 Å². The van der Waals surface area contributed by atoms with Crippen molar-refractivity contribution in [3.8, 4) is 5.75 Å². The third-order valence-electron chi connectivity index (χ3n) is 6.17. The quantitative estimate of drug-likeness (QED) is 0.782.